The molecule has 0 heterocycles. The van der Waals surface area contributed by atoms with E-state index in [2.05, 4.69) is 19.0 Å². The molecule has 6 heteroatoms. The summed E-state index contributed by atoms with van der Waals surface area (Å²) in [6, 6.07) is 0. The molecule has 1 aliphatic rings. The van der Waals surface area contributed by atoms with Gasteiger partial charge < -0.3 is 4.84 Å². The Labute approximate surface area is 148 Å². The van der Waals surface area contributed by atoms with Crippen LogP contribution in [0, 0.1) is 11.8 Å². The maximum absolute atomic E-state index is 12.4. The van der Waals surface area contributed by atoms with E-state index in [9.17, 15) is 9.59 Å². The van der Waals surface area contributed by atoms with Crippen LogP contribution >= 0.6 is 23.4 Å². The van der Waals surface area contributed by atoms with Crippen molar-refractivity contribution < 1.29 is 14.4 Å². The zero-order chi connectivity index (χ0) is 17.2. The smallest absolute Gasteiger partial charge is 0.149 e. The topological polar surface area (TPSA) is 55.7 Å². The number of hydrogen-bond donors (Lipinski definition) is 0. The molecule has 0 aromatic rings. The number of carbonyl (C=O) groups excluding carboxylic acids is 2. The van der Waals surface area contributed by atoms with Crippen molar-refractivity contribution in [2.45, 2.75) is 51.7 Å². The monoisotopic (exact) mass is 359 g/mol. The standard InChI is InChI=1S/C17H26ClNO3S/c1-4-14(19-22-8-6-7-18)17-15(20)10-13(11-16(17)21)9-12(3)23-5-2/h6-7,12-13,17H,4-5,8-11H2,1-3H3/b7-6+,19-14-. The molecule has 0 amide bonds. The maximum Gasteiger partial charge on any atom is 0.149 e. The van der Waals surface area contributed by atoms with Gasteiger partial charge >= 0.3 is 0 Å². The molecular formula is C17H26ClNO3S. The molecule has 130 valence electrons. The van der Waals surface area contributed by atoms with Gasteiger partial charge in [-0.3, -0.25) is 9.59 Å². The second-order valence-electron chi connectivity index (χ2n) is 5.74. The molecule has 1 aliphatic carbocycles. The zero-order valence-electron chi connectivity index (χ0n) is 14.1. The summed E-state index contributed by atoms with van der Waals surface area (Å²) < 4.78 is 0. The first-order chi connectivity index (χ1) is 11.0. The van der Waals surface area contributed by atoms with E-state index in [1.165, 1.54) is 5.54 Å². The lowest BCUT2D eigenvalue weighted by molar-refractivity contribution is -0.134. The largest absolute Gasteiger partial charge is 0.392 e. The van der Waals surface area contributed by atoms with Crippen molar-refractivity contribution >= 4 is 40.6 Å². The van der Waals surface area contributed by atoms with E-state index in [4.69, 9.17) is 16.4 Å². The summed E-state index contributed by atoms with van der Waals surface area (Å²) in [5.74, 6) is 0.469. The SMILES string of the molecule is CCSC(C)CC1CC(=O)C(/C(CC)=N\OC/C=C/Cl)C(=O)C1. The number of rotatable bonds is 9. The predicted octanol–water partition coefficient (Wildman–Crippen LogP) is 4.22. The van der Waals surface area contributed by atoms with Crippen molar-refractivity contribution in [2.24, 2.45) is 17.0 Å². The quantitative estimate of drug-likeness (QED) is 0.268. The average Bonchev–Trinajstić information content (AvgIpc) is 2.49. The average molecular weight is 360 g/mol. The lowest BCUT2D eigenvalue weighted by Gasteiger charge is -2.28. The van der Waals surface area contributed by atoms with E-state index < -0.39 is 5.92 Å². The Morgan fingerprint density at radius 1 is 1.39 bits per heavy atom. The molecule has 0 radical (unpaired) electrons. The predicted molar refractivity (Wildman–Crippen MR) is 97.1 cm³/mol. The molecule has 0 saturated heterocycles. The second-order valence-corrected chi connectivity index (χ2v) is 7.70. The highest BCUT2D eigenvalue weighted by Gasteiger charge is 2.38. The third-order valence-corrected chi connectivity index (χ3v) is 5.15. The number of Topliss-reactive ketones (excluding diaryl/α,β-unsaturated/α-hetero) is 2. The molecule has 23 heavy (non-hydrogen) atoms. The van der Waals surface area contributed by atoms with Crippen LogP contribution in [0.1, 0.15) is 46.5 Å². The first-order valence-corrected chi connectivity index (χ1v) is 9.62. The lowest BCUT2D eigenvalue weighted by atomic mass is 9.76. The van der Waals surface area contributed by atoms with Gasteiger partial charge in [0.1, 0.15) is 24.1 Å². The van der Waals surface area contributed by atoms with E-state index in [0.717, 1.165) is 12.2 Å². The Hall–Kier alpha value is -0.810. The highest BCUT2D eigenvalue weighted by molar-refractivity contribution is 7.99. The Morgan fingerprint density at radius 3 is 2.57 bits per heavy atom. The van der Waals surface area contributed by atoms with E-state index in [0.29, 0.717) is 30.2 Å². The van der Waals surface area contributed by atoms with Gasteiger partial charge in [0, 0.05) is 23.6 Å². The molecule has 0 bridgehead atoms. The van der Waals surface area contributed by atoms with Crippen LogP contribution in [0.4, 0.5) is 0 Å². The molecule has 0 aromatic heterocycles. The van der Waals surface area contributed by atoms with E-state index in [1.807, 2.05) is 18.7 Å². The van der Waals surface area contributed by atoms with Crippen molar-refractivity contribution in [2.75, 3.05) is 12.4 Å². The molecule has 0 spiro atoms. The van der Waals surface area contributed by atoms with Crippen molar-refractivity contribution in [1.29, 1.82) is 0 Å². The number of ketones is 2. The van der Waals surface area contributed by atoms with Gasteiger partial charge in [-0.1, -0.05) is 37.5 Å². The maximum atomic E-state index is 12.4. The number of thioether (sulfide) groups is 1. The molecule has 0 aliphatic heterocycles. The number of oxime groups is 1. The fourth-order valence-electron chi connectivity index (χ4n) is 2.94. The highest BCUT2D eigenvalue weighted by Crippen LogP contribution is 2.31. The fourth-order valence-corrected chi connectivity index (χ4v) is 3.99. The minimum atomic E-state index is -0.717. The molecule has 1 atom stereocenters. The molecule has 1 rings (SSSR count). The van der Waals surface area contributed by atoms with E-state index in [-0.39, 0.29) is 24.1 Å². The summed E-state index contributed by atoms with van der Waals surface area (Å²) in [5, 5.41) is 4.46. The van der Waals surface area contributed by atoms with Crippen molar-refractivity contribution in [3.63, 3.8) is 0 Å². The molecule has 4 nitrogen and oxygen atoms in total. The zero-order valence-corrected chi connectivity index (χ0v) is 15.7. The van der Waals surface area contributed by atoms with Gasteiger partial charge in [-0.05, 0) is 30.6 Å². The van der Waals surface area contributed by atoms with Crippen LogP contribution in [0.5, 0.6) is 0 Å². The van der Waals surface area contributed by atoms with Gasteiger partial charge in [-0.15, -0.1) is 0 Å². The minimum absolute atomic E-state index is 0.0166. The normalized spacial score (nSPS) is 24.3. The van der Waals surface area contributed by atoms with E-state index >= 15 is 0 Å². The van der Waals surface area contributed by atoms with Crippen molar-refractivity contribution in [1.82, 2.24) is 0 Å². The van der Waals surface area contributed by atoms with Gasteiger partial charge in [0.05, 0.1) is 5.71 Å². The van der Waals surface area contributed by atoms with Gasteiger partial charge in [0.2, 0.25) is 0 Å². The summed E-state index contributed by atoms with van der Waals surface area (Å²) in [6.45, 7) is 6.40. The summed E-state index contributed by atoms with van der Waals surface area (Å²) in [5.41, 5.74) is 1.87. The minimum Gasteiger partial charge on any atom is -0.392 e. The molecule has 0 N–H and O–H groups in total. The lowest BCUT2D eigenvalue weighted by Crippen LogP contribution is -2.39. The Kier molecular flexibility index (Phi) is 9.56. The molecule has 0 aromatic carbocycles. The molecule has 1 saturated carbocycles. The first kappa shape index (κ1) is 20.2. The molecule has 1 fully saturated rings. The number of carbonyl (C=O) groups is 2. The third-order valence-electron chi connectivity index (χ3n) is 3.88. The fraction of sp³-hybridized carbons (Fsp3) is 0.706. The van der Waals surface area contributed by atoms with Crippen LogP contribution in [0.2, 0.25) is 0 Å². The van der Waals surface area contributed by atoms with Crippen LogP contribution in [-0.2, 0) is 14.4 Å². The summed E-state index contributed by atoms with van der Waals surface area (Å²) in [4.78, 5) is 30.0. The van der Waals surface area contributed by atoms with Crippen LogP contribution in [0.15, 0.2) is 16.8 Å². The summed E-state index contributed by atoms with van der Waals surface area (Å²) in [6.07, 6.45) is 3.97. The summed E-state index contributed by atoms with van der Waals surface area (Å²) >= 11 is 7.28. The highest BCUT2D eigenvalue weighted by atomic mass is 35.5. The van der Waals surface area contributed by atoms with Gasteiger partial charge in [-0.2, -0.15) is 11.8 Å². The Balaban J connectivity index is 2.68. The Bertz CT molecular complexity index is 447. The third kappa shape index (κ3) is 6.68. The van der Waals surface area contributed by atoms with Gasteiger partial charge in [-0.25, -0.2) is 0 Å². The van der Waals surface area contributed by atoms with E-state index in [1.54, 1.807) is 6.08 Å². The van der Waals surface area contributed by atoms with Crippen LogP contribution in [-0.4, -0.2) is 34.9 Å². The van der Waals surface area contributed by atoms with Crippen molar-refractivity contribution in [3.05, 3.63) is 11.6 Å². The second kappa shape index (κ2) is 10.9. The Morgan fingerprint density at radius 2 is 2.04 bits per heavy atom. The summed E-state index contributed by atoms with van der Waals surface area (Å²) in [7, 11) is 0. The van der Waals surface area contributed by atoms with Crippen molar-refractivity contribution in [3.8, 4) is 0 Å². The number of hydrogen-bond acceptors (Lipinski definition) is 5. The van der Waals surface area contributed by atoms with Crippen LogP contribution in [0.25, 0.3) is 0 Å². The number of nitrogens with zero attached hydrogens (tertiary/aromatic N) is 1. The molecular weight excluding hydrogens is 334 g/mol. The van der Waals surface area contributed by atoms with Gasteiger partial charge in [0.15, 0.2) is 0 Å². The molecule has 1 unspecified atom stereocenters. The van der Waals surface area contributed by atoms with Crippen LogP contribution < -0.4 is 0 Å². The van der Waals surface area contributed by atoms with Gasteiger partial charge in [0.25, 0.3) is 0 Å². The number of halogens is 1. The first-order valence-electron chi connectivity index (χ1n) is 8.14. The van der Waals surface area contributed by atoms with Crippen LogP contribution in [0.3, 0.4) is 0 Å².